The summed E-state index contributed by atoms with van der Waals surface area (Å²) in [6.07, 6.45) is 1.77. The second-order valence-corrected chi connectivity index (χ2v) is 6.36. The minimum atomic E-state index is -0.364. The van der Waals surface area contributed by atoms with Crippen LogP contribution in [0.15, 0.2) is 36.4 Å². The van der Waals surface area contributed by atoms with E-state index in [0.29, 0.717) is 22.2 Å². The maximum atomic E-state index is 12.2. The van der Waals surface area contributed by atoms with E-state index >= 15 is 0 Å². The molecule has 2 amide bonds. The van der Waals surface area contributed by atoms with Crippen molar-refractivity contribution in [3.8, 4) is 0 Å². The molecule has 0 radical (unpaired) electrons. The third kappa shape index (κ3) is 3.78. The van der Waals surface area contributed by atoms with Crippen LogP contribution in [0.25, 0.3) is 0 Å². The van der Waals surface area contributed by atoms with E-state index in [1.807, 2.05) is 18.2 Å². The third-order valence-electron chi connectivity index (χ3n) is 3.89. The molecule has 4 nitrogen and oxygen atoms in total. The van der Waals surface area contributed by atoms with Crippen molar-refractivity contribution in [3.63, 3.8) is 0 Å². The summed E-state index contributed by atoms with van der Waals surface area (Å²) < 4.78 is 0. The number of aliphatic hydroxyl groups excluding tert-OH is 1. The van der Waals surface area contributed by atoms with Crippen molar-refractivity contribution in [2.75, 3.05) is 10.6 Å². The van der Waals surface area contributed by atoms with Gasteiger partial charge in [0, 0.05) is 17.8 Å². The number of aryl methyl sites for hydroxylation is 1. The lowest BCUT2D eigenvalue weighted by atomic mass is 9.88. The summed E-state index contributed by atoms with van der Waals surface area (Å²) in [6, 6.07) is 10.3. The highest BCUT2D eigenvalue weighted by molar-refractivity contribution is 6.42. The molecule has 3 rings (SSSR count). The molecular formula is C17H16Cl2N2O2. The molecule has 6 heteroatoms. The number of hydrogen-bond acceptors (Lipinski definition) is 2. The highest BCUT2D eigenvalue weighted by Gasteiger charge is 2.19. The highest BCUT2D eigenvalue weighted by Crippen LogP contribution is 2.29. The van der Waals surface area contributed by atoms with Crippen molar-refractivity contribution in [1.82, 2.24) is 0 Å². The lowest BCUT2D eigenvalue weighted by molar-refractivity contribution is 0.159. The molecule has 0 spiro atoms. The molecule has 0 heterocycles. The molecule has 1 aliphatic rings. The lowest BCUT2D eigenvalue weighted by Gasteiger charge is -2.23. The quantitative estimate of drug-likeness (QED) is 0.747. The first-order valence-corrected chi connectivity index (χ1v) is 8.10. The SMILES string of the molecule is O=C(Nc1ccc(Cl)c(Cl)c1)Nc1cccc2c1C[C@@H](O)CC2. The fraction of sp³-hybridized carbons (Fsp3) is 0.235. The molecule has 0 bridgehead atoms. The van der Waals surface area contributed by atoms with Gasteiger partial charge in [0.2, 0.25) is 0 Å². The predicted octanol–water partition coefficient (Wildman–Crippen LogP) is 4.49. The summed E-state index contributed by atoms with van der Waals surface area (Å²) in [5.74, 6) is 0. The molecule has 0 saturated heterocycles. The van der Waals surface area contributed by atoms with E-state index in [4.69, 9.17) is 23.2 Å². The molecule has 2 aromatic carbocycles. The molecule has 2 aromatic rings. The van der Waals surface area contributed by atoms with Crippen LogP contribution in [0.2, 0.25) is 10.0 Å². The molecule has 0 aromatic heterocycles. The summed E-state index contributed by atoms with van der Waals surface area (Å²) in [4.78, 5) is 12.2. The Morgan fingerprint density at radius 2 is 1.96 bits per heavy atom. The Labute approximate surface area is 144 Å². The molecule has 23 heavy (non-hydrogen) atoms. The number of amides is 2. The zero-order valence-corrected chi connectivity index (χ0v) is 13.8. The van der Waals surface area contributed by atoms with Crippen LogP contribution in [0, 0.1) is 0 Å². The van der Waals surface area contributed by atoms with Gasteiger partial charge in [-0.1, -0.05) is 35.3 Å². The van der Waals surface area contributed by atoms with Gasteiger partial charge in [-0.25, -0.2) is 4.79 Å². The van der Waals surface area contributed by atoms with Gasteiger partial charge >= 0.3 is 6.03 Å². The first-order valence-electron chi connectivity index (χ1n) is 7.35. The van der Waals surface area contributed by atoms with Gasteiger partial charge in [-0.15, -0.1) is 0 Å². The number of carbonyl (C=O) groups excluding carboxylic acids is 1. The van der Waals surface area contributed by atoms with Gasteiger partial charge in [0.1, 0.15) is 0 Å². The minimum absolute atomic E-state index is 0.358. The van der Waals surface area contributed by atoms with Crippen LogP contribution in [0.1, 0.15) is 17.5 Å². The van der Waals surface area contributed by atoms with Crippen molar-refractivity contribution in [2.24, 2.45) is 0 Å². The van der Waals surface area contributed by atoms with Crippen LogP contribution in [-0.4, -0.2) is 17.2 Å². The van der Waals surface area contributed by atoms with Crippen LogP contribution in [-0.2, 0) is 12.8 Å². The second kappa shape index (κ2) is 6.79. The fourth-order valence-electron chi connectivity index (χ4n) is 2.75. The average molecular weight is 351 g/mol. The number of anilines is 2. The Kier molecular flexibility index (Phi) is 4.76. The van der Waals surface area contributed by atoms with Crippen LogP contribution in [0.4, 0.5) is 16.2 Å². The number of halogens is 2. The summed E-state index contributed by atoms with van der Waals surface area (Å²) >= 11 is 11.8. The number of carbonyl (C=O) groups is 1. The minimum Gasteiger partial charge on any atom is -0.393 e. The maximum absolute atomic E-state index is 12.2. The third-order valence-corrected chi connectivity index (χ3v) is 4.62. The summed E-state index contributed by atoms with van der Waals surface area (Å²) in [6.45, 7) is 0. The number of urea groups is 1. The molecule has 0 fully saturated rings. The van der Waals surface area contributed by atoms with E-state index < -0.39 is 0 Å². The number of nitrogens with one attached hydrogen (secondary N) is 2. The molecule has 0 aliphatic heterocycles. The Balaban J connectivity index is 1.74. The summed E-state index contributed by atoms with van der Waals surface area (Å²) in [5, 5.41) is 16.2. The molecule has 0 unspecified atom stereocenters. The molecule has 0 saturated carbocycles. The van der Waals surface area contributed by atoms with E-state index in [1.165, 1.54) is 5.56 Å². The average Bonchev–Trinajstić information content (AvgIpc) is 2.51. The molecule has 120 valence electrons. The normalized spacial score (nSPS) is 16.6. The smallest absolute Gasteiger partial charge is 0.323 e. The standard InChI is InChI=1S/C17H16Cl2N2O2/c18-14-7-5-11(8-15(14)19)20-17(23)21-16-3-1-2-10-4-6-12(22)9-13(10)16/h1-3,5,7-8,12,22H,4,6,9H2,(H2,20,21,23)/t12-/m0/s1. The van der Waals surface area contributed by atoms with E-state index in [2.05, 4.69) is 10.6 Å². The van der Waals surface area contributed by atoms with Crippen molar-refractivity contribution < 1.29 is 9.90 Å². The van der Waals surface area contributed by atoms with Crippen molar-refractivity contribution in [3.05, 3.63) is 57.6 Å². The molecule has 1 aliphatic carbocycles. The fourth-order valence-corrected chi connectivity index (χ4v) is 3.04. The van der Waals surface area contributed by atoms with E-state index in [9.17, 15) is 9.90 Å². The monoisotopic (exact) mass is 350 g/mol. The van der Waals surface area contributed by atoms with E-state index in [0.717, 1.165) is 24.1 Å². The van der Waals surface area contributed by atoms with Gasteiger partial charge in [-0.05, 0) is 48.2 Å². The Morgan fingerprint density at radius 1 is 1.13 bits per heavy atom. The Hall–Kier alpha value is -1.75. The first-order chi connectivity index (χ1) is 11.0. The van der Waals surface area contributed by atoms with Crippen LogP contribution >= 0.6 is 23.2 Å². The lowest BCUT2D eigenvalue weighted by Crippen LogP contribution is -2.24. The summed E-state index contributed by atoms with van der Waals surface area (Å²) in [5.41, 5.74) is 3.44. The van der Waals surface area contributed by atoms with Gasteiger partial charge in [-0.2, -0.15) is 0 Å². The zero-order valence-electron chi connectivity index (χ0n) is 12.3. The van der Waals surface area contributed by atoms with Crippen molar-refractivity contribution in [1.29, 1.82) is 0 Å². The maximum Gasteiger partial charge on any atom is 0.323 e. The number of aliphatic hydroxyl groups is 1. The topological polar surface area (TPSA) is 61.4 Å². The van der Waals surface area contributed by atoms with Crippen LogP contribution in [0.3, 0.4) is 0 Å². The van der Waals surface area contributed by atoms with E-state index in [1.54, 1.807) is 18.2 Å². The molecule has 1 atom stereocenters. The van der Waals surface area contributed by atoms with Crippen molar-refractivity contribution in [2.45, 2.75) is 25.4 Å². The Morgan fingerprint density at radius 3 is 2.74 bits per heavy atom. The predicted molar refractivity (Wildman–Crippen MR) is 93.6 cm³/mol. The van der Waals surface area contributed by atoms with Gasteiger partial charge in [0.15, 0.2) is 0 Å². The second-order valence-electron chi connectivity index (χ2n) is 5.55. The van der Waals surface area contributed by atoms with Gasteiger partial charge in [0.05, 0.1) is 16.1 Å². The number of hydrogen-bond donors (Lipinski definition) is 3. The Bertz CT molecular complexity index is 749. The van der Waals surface area contributed by atoms with Gasteiger partial charge in [0.25, 0.3) is 0 Å². The van der Waals surface area contributed by atoms with Gasteiger partial charge in [-0.3, -0.25) is 0 Å². The largest absolute Gasteiger partial charge is 0.393 e. The number of benzene rings is 2. The van der Waals surface area contributed by atoms with E-state index in [-0.39, 0.29) is 12.1 Å². The zero-order chi connectivity index (χ0) is 16.4. The van der Waals surface area contributed by atoms with Crippen LogP contribution in [0.5, 0.6) is 0 Å². The van der Waals surface area contributed by atoms with Crippen LogP contribution < -0.4 is 10.6 Å². The number of rotatable bonds is 2. The van der Waals surface area contributed by atoms with Gasteiger partial charge < -0.3 is 15.7 Å². The highest BCUT2D eigenvalue weighted by atomic mass is 35.5. The number of fused-ring (bicyclic) bond motifs is 1. The first kappa shape index (κ1) is 16.1. The van der Waals surface area contributed by atoms with Crippen molar-refractivity contribution >= 4 is 40.6 Å². The summed E-state index contributed by atoms with van der Waals surface area (Å²) in [7, 11) is 0. The molecular weight excluding hydrogens is 335 g/mol. The molecule has 3 N–H and O–H groups in total.